The van der Waals surface area contributed by atoms with Crippen LogP contribution in [0, 0.1) is 31.5 Å². The molecule has 2 aromatic carbocycles. The monoisotopic (exact) mass is 456 g/mol. The lowest BCUT2D eigenvalue weighted by Crippen LogP contribution is -2.39. The fourth-order valence-electron chi connectivity index (χ4n) is 4.87. The van der Waals surface area contributed by atoms with E-state index >= 15 is 4.39 Å². The molecule has 1 aliphatic heterocycles. The number of sulfone groups is 1. The molecule has 4 rings (SSSR count). The quantitative estimate of drug-likeness (QED) is 0.578. The molecule has 0 bridgehead atoms. The minimum Gasteiger partial charge on any atom is -0.369 e. The van der Waals surface area contributed by atoms with Crippen molar-refractivity contribution in [3.05, 3.63) is 63.7 Å². The van der Waals surface area contributed by atoms with Gasteiger partial charge in [-0.15, -0.1) is 0 Å². The summed E-state index contributed by atoms with van der Waals surface area (Å²) in [6.07, 6.45) is 2.45. The van der Waals surface area contributed by atoms with Gasteiger partial charge in [-0.25, -0.2) is 12.8 Å². The Morgan fingerprint density at radius 3 is 2.31 bits per heavy atom. The van der Waals surface area contributed by atoms with E-state index in [9.17, 15) is 13.2 Å². The molecule has 0 saturated carbocycles. The van der Waals surface area contributed by atoms with Crippen LogP contribution in [-0.2, 0) is 16.9 Å². The van der Waals surface area contributed by atoms with Crippen molar-refractivity contribution < 1.29 is 12.8 Å². The van der Waals surface area contributed by atoms with Crippen molar-refractivity contribution in [2.75, 3.05) is 18.0 Å². The van der Waals surface area contributed by atoms with Crippen molar-refractivity contribution in [3.63, 3.8) is 0 Å². The molecule has 1 fully saturated rings. The molecule has 0 N–H and O–H groups in total. The van der Waals surface area contributed by atoms with E-state index in [0.29, 0.717) is 28.6 Å². The Labute approximate surface area is 188 Å². The van der Waals surface area contributed by atoms with Crippen LogP contribution in [0.5, 0.6) is 0 Å². The Morgan fingerprint density at radius 2 is 1.66 bits per heavy atom. The molecule has 1 saturated heterocycles. The minimum atomic E-state index is -4.06. The van der Waals surface area contributed by atoms with E-state index in [1.165, 1.54) is 12.3 Å². The fourth-order valence-corrected chi connectivity index (χ4v) is 6.59. The Bertz CT molecular complexity index is 1370. The summed E-state index contributed by atoms with van der Waals surface area (Å²) in [5, 5.41) is 0.0678. The second-order valence-corrected chi connectivity index (χ2v) is 11.3. The van der Waals surface area contributed by atoms with Crippen molar-refractivity contribution in [3.8, 4) is 0 Å². The summed E-state index contributed by atoms with van der Waals surface area (Å²) in [5.74, 6) is 0.391. The lowest BCUT2D eigenvalue weighted by molar-refractivity contribution is 0.354. The maximum Gasteiger partial charge on any atom is 0.212 e. The average Bonchev–Trinajstić information content (AvgIpc) is 2.71. The fraction of sp³-hybridized carbons (Fsp3) is 0.400. The summed E-state index contributed by atoms with van der Waals surface area (Å²) in [6, 6.07) is 7.98. The molecule has 5 nitrogen and oxygen atoms in total. The lowest BCUT2D eigenvalue weighted by Gasteiger charge is -2.36. The van der Waals surface area contributed by atoms with Gasteiger partial charge in [0.15, 0.2) is 0 Å². The first-order chi connectivity index (χ1) is 15.0. The van der Waals surface area contributed by atoms with Gasteiger partial charge in [-0.2, -0.15) is 0 Å². The molecule has 3 aromatic rings. The molecule has 2 atom stereocenters. The van der Waals surface area contributed by atoms with E-state index in [1.807, 2.05) is 11.0 Å². The zero-order chi connectivity index (χ0) is 23.4. The van der Waals surface area contributed by atoms with Gasteiger partial charge in [-0.1, -0.05) is 26.0 Å². The highest BCUT2D eigenvalue weighted by atomic mass is 32.2. The highest BCUT2D eigenvalue weighted by molar-refractivity contribution is 7.91. The first-order valence-corrected chi connectivity index (χ1v) is 12.4. The molecule has 0 aliphatic carbocycles. The van der Waals surface area contributed by atoms with Crippen LogP contribution in [0.2, 0.25) is 0 Å². The van der Waals surface area contributed by atoms with Crippen LogP contribution in [-0.4, -0.2) is 26.1 Å². The third-order valence-corrected chi connectivity index (χ3v) is 8.25. The van der Waals surface area contributed by atoms with E-state index in [2.05, 4.69) is 13.8 Å². The normalized spacial score (nSPS) is 19.5. The predicted octanol–water partition coefficient (Wildman–Crippen LogP) is 4.61. The first-order valence-electron chi connectivity index (χ1n) is 10.9. The molecule has 0 unspecified atom stereocenters. The number of aryl methyl sites for hydroxylation is 3. The van der Waals surface area contributed by atoms with Crippen molar-refractivity contribution in [1.29, 1.82) is 0 Å². The highest BCUT2D eigenvalue weighted by Crippen LogP contribution is 2.31. The average molecular weight is 457 g/mol. The molecule has 0 radical (unpaired) electrons. The number of nitrogens with zero attached hydrogens (tertiary/aromatic N) is 2. The molecule has 0 amide bonds. The third-order valence-electron chi connectivity index (χ3n) is 6.36. The van der Waals surface area contributed by atoms with Crippen molar-refractivity contribution in [1.82, 2.24) is 4.57 Å². The van der Waals surface area contributed by atoms with Gasteiger partial charge in [0.1, 0.15) is 10.7 Å². The van der Waals surface area contributed by atoms with Crippen LogP contribution in [0.25, 0.3) is 10.9 Å². The molecular formula is C25H29FN2O3S. The van der Waals surface area contributed by atoms with Gasteiger partial charge in [0.2, 0.25) is 15.3 Å². The predicted molar refractivity (Wildman–Crippen MR) is 126 cm³/mol. The number of fused-ring (bicyclic) bond motifs is 1. The molecule has 32 heavy (non-hydrogen) atoms. The maximum atomic E-state index is 15.2. The Balaban J connectivity index is 1.89. The van der Waals surface area contributed by atoms with E-state index in [1.54, 1.807) is 43.7 Å². The molecule has 170 valence electrons. The highest BCUT2D eigenvalue weighted by Gasteiger charge is 2.28. The summed E-state index contributed by atoms with van der Waals surface area (Å²) in [4.78, 5) is 15.1. The first kappa shape index (κ1) is 22.5. The van der Waals surface area contributed by atoms with Crippen LogP contribution in [0.1, 0.15) is 31.4 Å². The number of halogens is 1. The van der Waals surface area contributed by atoms with E-state index < -0.39 is 21.1 Å². The van der Waals surface area contributed by atoms with Gasteiger partial charge in [-0.3, -0.25) is 4.79 Å². The number of aromatic nitrogens is 1. The standard InChI is InChI=1S/C25H29FN2O3S/c1-15-6-7-18(4)23(9-15)32(30,31)24-14-27(5)21-11-22(20(26)10-19(21)25(24)29)28-12-16(2)8-17(3)13-28/h6-7,9-11,14,16-17H,8,12-13H2,1-5H3/t16-,17-/m1/s1. The van der Waals surface area contributed by atoms with Gasteiger partial charge in [0.05, 0.1) is 21.5 Å². The number of pyridine rings is 1. The van der Waals surface area contributed by atoms with E-state index in [0.717, 1.165) is 25.1 Å². The lowest BCUT2D eigenvalue weighted by atomic mass is 9.91. The summed E-state index contributed by atoms with van der Waals surface area (Å²) in [7, 11) is -2.37. The minimum absolute atomic E-state index is 0.0678. The number of hydrogen-bond acceptors (Lipinski definition) is 4. The zero-order valence-electron chi connectivity index (χ0n) is 19.1. The van der Waals surface area contributed by atoms with Gasteiger partial charge in [-0.05, 0) is 61.4 Å². The second kappa shape index (κ2) is 8.03. The molecular weight excluding hydrogens is 427 g/mol. The number of benzene rings is 2. The molecule has 2 heterocycles. The molecule has 1 aromatic heterocycles. The number of anilines is 1. The third kappa shape index (κ3) is 3.83. The SMILES string of the molecule is Cc1ccc(C)c(S(=O)(=O)c2cn(C)c3cc(N4C[C@H](C)C[C@@H](C)C4)c(F)cc3c2=O)c1. The van der Waals surface area contributed by atoms with Gasteiger partial charge < -0.3 is 9.47 Å². The maximum absolute atomic E-state index is 15.2. The molecule has 7 heteroatoms. The van der Waals surface area contributed by atoms with Crippen LogP contribution in [0.15, 0.2) is 51.1 Å². The Kier molecular flexibility index (Phi) is 5.65. The number of hydrogen-bond donors (Lipinski definition) is 0. The van der Waals surface area contributed by atoms with Crippen molar-refractivity contribution in [2.45, 2.75) is 43.9 Å². The van der Waals surface area contributed by atoms with Crippen molar-refractivity contribution >= 4 is 26.4 Å². The largest absolute Gasteiger partial charge is 0.369 e. The van der Waals surface area contributed by atoms with Gasteiger partial charge >= 0.3 is 0 Å². The summed E-state index contributed by atoms with van der Waals surface area (Å²) in [5.41, 5.74) is 1.64. The second-order valence-electron chi connectivity index (χ2n) is 9.38. The summed E-state index contributed by atoms with van der Waals surface area (Å²) in [6.45, 7) is 9.31. The van der Waals surface area contributed by atoms with E-state index in [4.69, 9.17) is 0 Å². The number of rotatable bonds is 3. The number of piperidine rings is 1. The van der Waals surface area contributed by atoms with Crippen LogP contribution < -0.4 is 10.3 Å². The van der Waals surface area contributed by atoms with Crippen LogP contribution >= 0.6 is 0 Å². The topological polar surface area (TPSA) is 59.4 Å². The smallest absolute Gasteiger partial charge is 0.212 e. The van der Waals surface area contributed by atoms with Crippen LogP contribution in [0.4, 0.5) is 10.1 Å². The summed E-state index contributed by atoms with van der Waals surface area (Å²) < 4.78 is 43.6. The van der Waals surface area contributed by atoms with Crippen molar-refractivity contribution in [2.24, 2.45) is 18.9 Å². The zero-order valence-corrected chi connectivity index (χ0v) is 20.0. The van der Waals surface area contributed by atoms with Crippen LogP contribution in [0.3, 0.4) is 0 Å². The van der Waals surface area contributed by atoms with Gasteiger partial charge in [0, 0.05) is 26.3 Å². The summed E-state index contributed by atoms with van der Waals surface area (Å²) >= 11 is 0. The molecule has 0 spiro atoms. The van der Waals surface area contributed by atoms with E-state index in [-0.39, 0.29) is 15.2 Å². The Morgan fingerprint density at radius 1 is 1.00 bits per heavy atom. The molecule has 1 aliphatic rings. The Hall–Kier alpha value is -2.67. The van der Waals surface area contributed by atoms with Gasteiger partial charge in [0.25, 0.3) is 0 Å².